The van der Waals surface area contributed by atoms with E-state index in [9.17, 15) is 4.79 Å². The average Bonchev–Trinajstić information content (AvgIpc) is 3.32. The van der Waals surface area contributed by atoms with E-state index in [1.165, 1.54) is 11.3 Å². The molecule has 6 nitrogen and oxygen atoms in total. The number of carbonyl (C=O) groups excluding carboxylic acids is 1. The van der Waals surface area contributed by atoms with Crippen LogP contribution in [-0.2, 0) is 17.8 Å². The molecule has 4 aromatic rings. The van der Waals surface area contributed by atoms with Gasteiger partial charge in [0.25, 0.3) is 0 Å². The van der Waals surface area contributed by atoms with Crippen LogP contribution >= 0.6 is 11.3 Å². The molecule has 0 spiro atoms. The number of imidazole rings is 1. The Labute approximate surface area is 147 Å². The molecule has 4 rings (SSSR count). The van der Waals surface area contributed by atoms with Crippen LogP contribution in [0.2, 0.25) is 0 Å². The second-order valence-corrected chi connectivity index (χ2v) is 6.62. The van der Waals surface area contributed by atoms with Crippen molar-refractivity contribution < 1.29 is 13.9 Å². The minimum absolute atomic E-state index is 0.134. The Morgan fingerprint density at radius 1 is 1.32 bits per heavy atom. The third-order valence-electron chi connectivity index (χ3n) is 3.72. The molecule has 0 saturated carbocycles. The van der Waals surface area contributed by atoms with Gasteiger partial charge in [0.1, 0.15) is 23.8 Å². The summed E-state index contributed by atoms with van der Waals surface area (Å²) in [4.78, 5) is 17.6. The normalized spacial score (nSPS) is 11.0. The Bertz CT molecular complexity index is 1020. The van der Waals surface area contributed by atoms with Crippen molar-refractivity contribution >= 4 is 22.9 Å². The molecular formula is C18H15N3O3S. The Morgan fingerprint density at radius 2 is 2.24 bits per heavy atom. The number of hydrogen-bond acceptors (Lipinski definition) is 5. The molecule has 0 aromatic carbocycles. The lowest BCUT2D eigenvalue weighted by atomic mass is 10.3. The highest BCUT2D eigenvalue weighted by Gasteiger charge is 2.16. The molecule has 2 N–H and O–H groups in total. The number of hydrogen-bond donors (Lipinski definition) is 1. The van der Waals surface area contributed by atoms with Crippen molar-refractivity contribution in [1.29, 1.82) is 0 Å². The van der Waals surface area contributed by atoms with Gasteiger partial charge in [0, 0.05) is 12.3 Å². The molecule has 0 bridgehead atoms. The van der Waals surface area contributed by atoms with Crippen molar-refractivity contribution in [3.05, 3.63) is 65.7 Å². The number of fused-ring (bicyclic) bond motifs is 1. The van der Waals surface area contributed by atoms with Crippen molar-refractivity contribution in [2.45, 2.75) is 13.0 Å². The molecule has 1 amide bonds. The maximum atomic E-state index is 11.4. The monoisotopic (exact) mass is 353 g/mol. The molecule has 4 heterocycles. The van der Waals surface area contributed by atoms with Crippen molar-refractivity contribution in [3.8, 4) is 16.3 Å². The fourth-order valence-electron chi connectivity index (χ4n) is 2.60. The lowest BCUT2D eigenvalue weighted by Crippen LogP contribution is -2.13. The van der Waals surface area contributed by atoms with Gasteiger partial charge in [0.15, 0.2) is 0 Å². The fourth-order valence-corrected chi connectivity index (χ4v) is 3.72. The summed E-state index contributed by atoms with van der Waals surface area (Å²) >= 11 is 1.48. The topological polar surface area (TPSA) is 82.8 Å². The van der Waals surface area contributed by atoms with Gasteiger partial charge < -0.3 is 14.9 Å². The molecule has 4 aromatic heterocycles. The predicted octanol–water partition coefficient (Wildman–Crippen LogP) is 3.26. The van der Waals surface area contributed by atoms with Crippen molar-refractivity contribution in [1.82, 2.24) is 9.38 Å². The van der Waals surface area contributed by atoms with Crippen molar-refractivity contribution in [2.24, 2.45) is 5.73 Å². The summed E-state index contributed by atoms with van der Waals surface area (Å²) in [5.41, 5.74) is 7.18. The first-order valence-electron chi connectivity index (χ1n) is 7.69. The summed E-state index contributed by atoms with van der Waals surface area (Å²) in [6.07, 6.45) is 5.50. The quantitative estimate of drug-likeness (QED) is 0.577. The number of nitrogens with zero attached hydrogens (tertiary/aromatic N) is 2. The highest BCUT2D eigenvalue weighted by atomic mass is 32.1. The predicted molar refractivity (Wildman–Crippen MR) is 94.4 cm³/mol. The minimum atomic E-state index is -0.394. The Morgan fingerprint density at radius 3 is 3.04 bits per heavy atom. The zero-order valence-corrected chi connectivity index (χ0v) is 14.0. The van der Waals surface area contributed by atoms with E-state index in [1.807, 2.05) is 47.1 Å². The molecule has 0 aliphatic carbocycles. The molecule has 0 saturated heterocycles. The number of aromatic nitrogens is 2. The number of pyridine rings is 1. The van der Waals surface area contributed by atoms with Crippen LogP contribution in [0.15, 0.2) is 59.5 Å². The lowest BCUT2D eigenvalue weighted by Gasteiger charge is -2.04. The summed E-state index contributed by atoms with van der Waals surface area (Å²) in [5, 5.41) is 0. The van der Waals surface area contributed by atoms with E-state index in [1.54, 1.807) is 12.3 Å². The first-order valence-corrected chi connectivity index (χ1v) is 8.51. The first-order chi connectivity index (χ1) is 12.2. The number of furan rings is 1. The van der Waals surface area contributed by atoms with Crippen molar-refractivity contribution in [3.63, 3.8) is 0 Å². The van der Waals surface area contributed by atoms with Crippen LogP contribution in [0.3, 0.4) is 0 Å². The first kappa shape index (κ1) is 15.5. The molecule has 7 heteroatoms. The molecule has 0 unspecified atom stereocenters. The van der Waals surface area contributed by atoms with Crippen LogP contribution in [0.5, 0.6) is 5.75 Å². The third-order valence-corrected chi connectivity index (χ3v) is 4.86. The summed E-state index contributed by atoms with van der Waals surface area (Å²) < 4.78 is 13.1. The number of primary amides is 1. The smallest absolute Gasteiger partial charge is 0.222 e. The highest BCUT2D eigenvalue weighted by molar-refractivity contribution is 7.15. The van der Waals surface area contributed by atoms with Gasteiger partial charge in [0.05, 0.1) is 34.3 Å². The zero-order valence-electron chi connectivity index (χ0n) is 13.2. The van der Waals surface area contributed by atoms with E-state index in [-0.39, 0.29) is 6.42 Å². The average molecular weight is 353 g/mol. The largest absolute Gasteiger partial charge is 0.484 e. The number of thiophene rings is 1. The van der Waals surface area contributed by atoms with Gasteiger partial charge in [-0.05, 0) is 24.3 Å². The van der Waals surface area contributed by atoms with Crippen LogP contribution < -0.4 is 10.5 Å². The number of carbonyl (C=O) groups is 1. The number of amides is 1. The molecule has 0 atom stereocenters. The van der Waals surface area contributed by atoms with Gasteiger partial charge in [-0.1, -0.05) is 6.07 Å². The van der Waals surface area contributed by atoms with Crippen LogP contribution in [0.25, 0.3) is 16.2 Å². The maximum Gasteiger partial charge on any atom is 0.222 e. The zero-order chi connectivity index (χ0) is 17.2. The van der Waals surface area contributed by atoms with Gasteiger partial charge in [-0.2, -0.15) is 0 Å². The minimum Gasteiger partial charge on any atom is -0.484 e. The second-order valence-electron chi connectivity index (χ2n) is 5.48. The Hall–Kier alpha value is -3.06. The molecule has 0 aliphatic rings. The van der Waals surface area contributed by atoms with Crippen molar-refractivity contribution in [2.75, 3.05) is 0 Å². The molecule has 0 radical (unpaired) electrons. The molecular weight excluding hydrogens is 338 g/mol. The third kappa shape index (κ3) is 3.14. The Balaban J connectivity index is 1.69. The molecule has 0 aliphatic heterocycles. The van der Waals surface area contributed by atoms with Crippen LogP contribution in [0, 0.1) is 0 Å². The SMILES string of the molecule is NC(=O)Cc1sc(-c2cnc3ccccn23)cc1OCc1ccco1. The lowest BCUT2D eigenvalue weighted by molar-refractivity contribution is -0.117. The van der Waals surface area contributed by atoms with E-state index < -0.39 is 5.91 Å². The fraction of sp³-hybridized carbons (Fsp3) is 0.111. The van der Waals surface area contributed by atoms with Gasteiger partial charge in [-0.3, -0.25) is 9.20 Å². The van der Waals surface area contributed by atoms with Crippen LogP contribution in [0.1, 0.15) is 10.6 Å². The van der Waals surface area contributed by atoms with Crippen LogP contribution in [-0.4, -0.2) is 15.3 Å². The maximum absolute atomic E-state index is 11.4. The number of rotatable bonds is 6. The molecule has 0 fully saturated rings. The summed E-state index contributed by atoms with van der Waals surface area (Å²) in [6.45, 7) is 0.294. The van der Waals surface area contributed by atoms with E-state index in [4.69, 9.17) is 14.9 Å². The molecule has 25 heavy (non-hydrogen) atoms. The van der Waals surface area contributed by atoms with Gasteiger partial charge in [-0.15, -0.1) is 11.3 Å². The summed E-state index contributed by atoms with van der Waals surface area (Å²) in [6, 6.07) is 11.4. The van der Waals surface area contributed by atoms with E-state index in [0.717, 1.165) is 21.1 Å². The van der Waals surface area contributed by atoms with Gasteiger partial charge >= 0.3 is 0 Å². The summed E-state index contributed by atoms with van der Waals surface area (Å²) in [7, 11) is 0. The van der Waals surface area contributed by atoms with Gasteiger partial charge in [-0.25, -0.2) is 4.98 Å². The highest BCUT2D eigenvalue weighted by Crippen LogP contribution is 2.37. The van der Waals surface area contributed by atoms with E-state index in [0.29, 0.717) is 18.1 Å². The Kier molecular flexibility index (Phi) is 3.99. The standard InChI is InChI=1S/C18H15N3O3S/c19-17(22)9-16-14(24-11-12-4-3-7-23-12)8-15(25-16)13-10-20-18-5-1-2-6-21(13)18/h1-8,10H,9,11H2,(H2,19,22). The van der Waals surface area contributed by atoms with E-state index >= 15 is 0 Å². The number of nitrogens with two attached hydrogens (primary N) is 1. The number of ether oxygens (including phenoxy) is 1. The summed E-state index contributed by atoms with van der Waals surface area (Å²) in [5.74, 6) is 0.961. The van der Waals surface area contributed by atoms with Gasteiger partial charge in [0.2, 0.25) is 5.91 Å². The second kappa shape index (κ2) is 6.45. The molecule has 126 valence electrons. The van der Waals surface area contributed by atoms with E-state index in [2.05, 4.69) is 4.98 Å². The van der Waals surface area contributed by atoms with Crippen LogP contribution in [0.4, 0.5) is 0 Å².